The van der Waals surface area contributed by atoms with Gasteiger partial charge < -0.3 is 35.2 Å². The van der Waals surface area contributed by atoms with Crippen molar-refractivity contribution in [1.29, 1.82) is 0 Å². The van der Waals surface area contributed by atoms with Crippen LogP contribution in [-0.4, -0.2) is 58.8 Å². The van der Waals surface area contributed by atoms with Gasteiger partial charge in [0, 0.05) is 6.42 Å². The Labute approximate surface area is 152 Å². The number of nitrogens with one attached hydrogen (secondary N) is 2. The number of hydrogen-bond acceptors (Lipinski definition) is 9. The first-order valence-electron chi connectivity index (χ1n) is 7.74. The molecule has 3 atom stereocenters. The number of epoxide rings is 1. The molecule has 27 heavy (non-hydrogen) atoms. The molecule has 2 aromatic rings. The summed E-state index contributed by atoms with van der Waals surface area (Å²) in [4.78, 5) is 31.3. The number of nitro groups is 2. The molecule has 3 heterocycles. The summed E-state index contributed by atoms with van der Waals surface area (Å²) in [6.07, 6.45) is 2.21. The van der Waals surface area contributed by atoms with Crippen molar-refractivity contribution in [3.63, 3.8) is 0 Å². The normalized spacial score (nSPS) is 17.3. The van der Waals surface area contributed by atoms with Crippen LogP contribution in [0.15, 0.2) is 24.7 Å². The highest BCUT2D eigenvalue weighted by atomic mass is 16.6. The van der Waals surface area contributed by atoms with Crippen molar-refractivity contribution in [3.05, 3.63) is 56.3 Å². The molecular weight excluding hydrogens is 364 g/mol. The number of allylic oxidation sites excluding steroid dienone is 1. The first kappa shape index (κ1) is 20.0. The molecule has 3 rings (SSSR count). The van der Waals surface area contributed by atoms with Crippen LogP contribution >= 0.6 is 0 Å². The zero-order valence-electron chi connectivity index (χ0n) is 14.2. The third-order valence-corrected chi connectivity index (χ3v) is 3.73. The number of imidazole rings is 2. The summed E-state index contributed by atoms with van der Waals surface area (Å²) in [5.41, 5.74) is 1.01. The molecule has 0 aliphatic carbocycles. The quantitative estimate of drug-likeness (QED) is 0.234. The highest BCUT2D eigenvalue weighted by Crippen LogP contribution is 2.20. The number of aliphatic hydroxyl groups excluding tert-OH is 2. The van der Waals surface area contributed by atoms with Crippen LogP contribution in [0.1, 0.15) is 24.2 Å². The average molecular weight is 382 g/mol. The van der Waals surface area contributed by atoms with Crippen LogP contribution < -0.4 is 0 Å². The van der Waals surface area contributed by atoms with Crippen molar-refractivity contribution < 1.29 is 24.8 Å². The van der Waals surface area contributed by atoms with E-state index in [1.54, 1.807) is 6.92 Å². The molecule has 2 aromatic heterocycles. The Hall–Kier alpha value is -3.32. The minimum atomic E-state index is -0.629. The molecule has 1 saturated heterocycles. The van der Waals surface area contributed by atoms with Gasteiger partial charge in [0.1, 0.15) is 29.9 Å². The molecule has 146 valence electrons. The maximum Gasteiger partial charge on any atom is 0.432 e. The Bertz CT molecular complexity index is 828. The van der Waals surface area contributed by atoms with E-state index >= 15 is 0 Å². The first-order valence-corrected chi connectivity index (χ1v) is 7.74. The Morgan fingerprint density at radius 2 is 1.89 bits per heavy atom. The van der Waals surface area contributed by atoms with Gasteiger partial charge in [0.15, 0.2) is 0 Å². The SMILES string of the molecule is C=C(O)C(C)c1cnc([N+](=O)[O-])[nH]1.O=[N+]([O-])c1ncc(CC(O)C2CO2)[nH]1. The van der Waals surface area contributed by atoms with E-state index in [1.165, 1.54) is 12.4 Å². The molecule has 0 spiro atoms. The Kier molecular flexibility index (Phi) is 6.20. The second-order valence-electron chi connectivity index (χ2n) is 5.76. The fourth-order valence-electron chi connectivity index (χ4n) is 1.99. The molecule has 13 heteroatoms. The van der Waals surface area contributed by atoms with Gasteiger partial charge in [0.05, 0.1) is 24.4 Å². The smallest absolute Gasteiger partial charge is 0.432 e. The number of aromatic nitrogens is 4. The summed E-state index contributed by atoms with van der Waals surface area (Å²) < 4.78 is 4.88. The first-order chi connectivity index (χ1) is 12.7. The van der Waals surface area contributed by atoms with Crippen molar-refractivity contribution in [2.24, 2.45) is 0 Å². The maximum atomic E-state index is 10.3. The van der Waals surface area contributed by atoms with Gasteiger partial charge in [0.2, 0.25) is 0 Å². The topological polar surface area (TPSA) is 197 Å². The molecule has 4 N–H and O–H groups in total. The molecule has 0 saturated carbocycles. The third kappa shape index (κ3) is 5.58. The lowest BCUT2D eigenvalue weighted by Gasteiger charge is -2.02. The van der Waals surface area contributed by atoms with Crippen molar-refractivity contribution >= 4 is 11.9 Å². The van der Waals surface area contributed by atoms with Crippen LogP contribution in [0.2, 0.25) is 0 Å². The van der Waals surface area contributed by atoms with Crippen LogP contribution in [0.3, 0.4) is 0 Å². The summed E-state index contributed by atoms with van der Waals surface area (Å²) in [6, 6.07) is 0. The standard InChI is InChI=1S/C7H9N3O4.C7H9N3O3/c11-5(6-3-14-6)1-4-2-8-7(9-4)10(12)13;1-4(5(2)11)6-3-8-7(9-6)10(12)13/h2,5-6,11H,1,3H2,(H,8,9);3-4,11H,2H2,1H3,(H,8,9). The van der Waals surface area contributed by atoms with E-state index in [0.717, 1.165) is 0 Å². The second kappa shape index (κ2) is 8.37. The van der Waals surface area contributed by atoms with E-state index in [0.29, 0.717) is 24.4 Å². The van der Waals surface area contributed by atoms with Crippen molar-refractivity contribution in [2.75, 3.05) is 6.61 Å². The maximum absolute atomic E-state index is 10.3. The summed E-state index contributed by atoms with van der Waals surface area (Å²) >= 11 is 0. The van der Waals surface area contributed by atoms with E-state index in [9.17, 15) is 25.3 Å². The third-order valence-electron chi connectivity index (χ3n) is 3.73. The lowest BCUT2D eigenvalue weighted by atomic mass is 10.1. The molecule has 1 aliphatic heterocycles. The lowest BCUT2D eigenvalue weighted by Crippen LogP contribution is -2.17. The number of ether oxygens (including phenoxy) is 1. The van der Waals surface area contributed by atoms with Gasteiger partial charge in [-0.05, 0) is 16.8 Å². The lowest BCUT2D eigenvalue weighted by molar-refractivity contribution is -0.394. The van der Waals surface area contributed by atoms with E-state index < -0.39 is 16.0 Å². The highest BCUT2D eigenvalue weighted by molar-refractivity contribution is 5.19. The fraction of sp³-hybridized carbons (Fsp3) is 0.429. The summed E-state index contributed by atoms with van der Waals surface area (Å²) in [7, 11) is 0. The predicted octanol–water partition coefficient (Wildman–Crippen LogP) is 1.11. The Balaban J connectivity index is 0.000000194. The number of aromatic amines is 2. The molecule has 13 nitrogen and oxygen atoms in total. The average Bonchev–Trinajstić information content (AvgIpc) is 3.15. The van der Waals surface area contributed by atoms with Gasteiger partial charge in [-0.25, -0.2) is 9.97 Å². The van der Waals surface area contributed by atoms with Crippen LogP contribution in [0.5, 0.6) is 0 Å². The van der Waals surface area contributed by atoms with E-state index in [2.05, 4.69) is 26.5 Å². The monoisotopic (exact) mass is 382 g/mol. The Morgan fingerprint density at radius 3 is 2.33 bits per heavy atom. The number of rotatable bonds is 7. The number of nitrogens with zero attached hydrogens (tertiary/aromatic N) is 4. The van der Waals surface area contributed by atoms with E-state index in [1.807, 2.05) is 0 Å². The number of H-pyrrole nitrogens is 2. The Morgan fingerprint density at radius 1 is 1.33 bits per heavy atom. The van der Waals surface area contributed by atoms with Gasteiger partial charge in [-0.1, -0.05) is 16.5 Å². The summed E-state index contributed by atoms with van der Waals surface area (Å²) in [5, 5.41) is 39.0. The highest BCUT2D eigenvalue weighted by Gasteiger charge is 2.32. The van der Waals surface area contributed by atoms with Crippen LogP contribution in [0.4, 0.5) is 11.9 Å². The molecule has 1 fully saturated rings. The molecule has 1 aliphatic rings. The van der Waals surface area contributed by atoms with Crippen molar-refractivity contribution in [2.45, 2.75) is 31.5 Å². The van der Waals surface area contributed by atoms with Crippen LogP contribution in [0, 0.1) is 20.2 Å². The van der Waals surface area contributed by atoms with Gasteiger partial charge in [-0.3, -0.25) is 0 Å². The largest absolute Gasteiger partial charge is 0.512 e. The molecule has 0 aromatic carbocycles. The molecule has 0 bridgehead atoms. The van der Waals surface area contributed by atoms with Crippen LogP contribution in [-0.2, 0) is 11.2 Å². The zero-order valence-corrected chi connectivity index (χ0v) is 14.2. The van der Waals surface area contributed by atoms with Crippen LogP contribution in [0.25, 0.3) is 0 Å². The number of aliphatic hydroxyl groups is 2. The molecular formula is C14H18N6O7. The van der Waals surface area contributed by atoms with Gasteiger partial charge >= 0.3 is 11.9 Å². The summed E-state index contributed by atoms with van der Waals surface area (Å²) in [6.45, 7) is 5.54. The summed E-state index contributed by atoms with van der Waals surface area (Å²) in [5.74, 6) is -1.06. The molecule has 0 radical (unpaired) electrons. The van der Waals surface area contributed by atoms with Crippen molar-refractivity contribution in [3.8, 4) is 0 Å². The molecule has 3 unspecified atom stereocenters. The second-order valence-corrected chi connectivity index (χ2v) is 5.76. The fourth-order valence-corrected chi connectivity index (χ4v) is 1.99. The van der Waals surface area contributed by atoms with Gasteiger partial charge in [-0.15, -0.1) is 0 Å². The minimum absolute atomic E-state index is 0.0569. The molecule has 0 amide bonds. The number of hydrogen-bond donors (Lipinski definition) is 4. The van der Waals surface area contributed by atoms with E-state index in [4.69, 9.17) is 9.84 Å². The zero-order chi connectivity index (χ0) is 20.1. The predicted molar refractivity (Wildman–Crippen MR) is 90.1 cm³/mol. The minimum Gasteiger partial charge on any atom is -0.512 e. The van der Waals surface area contributed by atoms with Gasteiger partial charge in [-0.2, -0.15) is 0 Å². The van der Waals surface area contributed by atoms with E-state index in [-0.39, 0.29) is 29.7 Å². The van der Waals surface area contributed by atoms with Gasteiger partial charge in [0.25, 0.3) is 0 Å². The van der Waals surface area contributed by atoms with Crippen molar-refractivity contribution in [1.82, 2.24) is 19.9 Å².